The molecule has 4 rings (SSSR count). The number of hydrogen-bond donors (Lipinski definition) is 1. The predicted molar refractivity (Wildman–Crippen MR) is 135 cm³/mol. The zero-order valence-corrected chi connectivity index (χ0v) is 20.9. The van der Waals surface area contributed by atoms with E-state index < -0.39 is 11.8 Å². The van der Waals surface area contributed by atoms with Crippen LogP contribution >= 0.6 is 0 Å². The molecule has 13 heteroatoms. The number of nitrogens with zero attached hydrogens (tertiary/aromatic N) is 7. The van der Waals surface area contributed by atoms with E-state index in [1.165, 1.54) is 6.92 Å². The third-order valence-corrected chi connectivity index (χ3v) is 5.41. The molecule has 2 amide bonds. The van der Waals surface area contributed by atoms with Crippen molar-refractivity contribution in [1.82, 2.24) is 25.0 Å². The maximum absolute atomic E-state index is 12.9. The summed E-state index contributed by atoms with van der Waals surface area (Å²) in [4.78, 5) is 40.2. The summed E-state index contributed by atoms with van der Waals surface area (Å²) in [6.45, 7) is 3.43. The molecule has 0 aliphatic rings. The molecule has 2 aromatic carbocycles. The fraction of sp³-hybridized carbons (Fsp3) is 0.240. The number of aromatic amines is 1. The van der Waals surface area contributed by atoms with Gasteiger partial charge in [-0.3, -0.25) is 14.5 Å². The Hall–Kier alpha value is -5.16. The minimum Gasteiger partial charge on any atom is -0.496 e. The molecule has 0 saturated heterocycles. The summed E-state index contributed by atoms with van der Waals surface area (Å²) in [5.41, 5.74) is 10.1. The van der Waals surface area contributed by atoms with Gasteiger partial charge in [-0.05, 0) is 53.5 Å². The highest BCUT2D eigenvalue weighted by Gasteiger charge is 2.25. The van der Waals surface area contributed by atoms with Gasteiger partial charge in [-0.15, -0.1) is 0 Å². The monoisotopic (exact) mass is 516 g/mol. The van der Waals surface area contributed by atoms with Crippen LogP contribution in [-0.2, 0) is 11.4 Å². The number of amides is 2. The van der Waals surface area contributed by atoms with Crippen molar-refractivity contribution < 1.29 is 23.6 Å². The fourth-order valence-electron chi connectivity index (χ4n) is 3.63. The Bertz CT molecular complexity index is 1490. The second-order valence-electron chi connectivity index (χ2n) is 7.98. The van der Waals surface area contributed by atoms with Crippen LogP contribution in [0.5, 0.6) is 11.5 Å². The third-order valence-electron chi connectivity index (χ3n) is 5.41. The summed E-state index contributed by atoms with van der Waals surface area (Å²) in [7, 11) is 1.56. The normalized spacial score (nSPS) is 10.5. The Morgan fingerprint density at radius 1 is 1.16 bits per heavy atom. The summed E-state index contributed by atoms with van der Waals surface area (Å²) in [5.74, 6) is 0.931. The number of carbonyl (C=O) groups excluding carboxylic acids is 2. The highest BCUT2D eigenvalue weighted by Crippen LogP contribution is 2.29. The van der Waals surface area contributed by atoms with E-state index in [1.54, 1.807) is 37.4 Å². The Labute approximate surface area is 217 Å². The van der Waals surface area contributed by atoms with Crippen molar-refractivity contribution in [1.29, 1.82) is 0 Å². The summed E-state index contributed by atoms with van der Waals surface area (Å²) in [5, 5.41) is 7.47. The second-order valence-corrected chi connectivity index (χ2v) is 7.98. The topological polar surface area (TPSA) is 172 Å². The lowest BCUT2D eigenvalue weighted by Gasteiger charge is -2.17. The molecule has 0 radical (unpaired) electrons. The van der Waals surface area contributed by atoms with Crippen LogP contribution < -0.4 is 9.47 Å². The zero-order chi connectivity index (χ0) is 27.1. The Balaban J connectivity index is 1.48. The summed E-state index contributed by atoms with van der Waals surface area (Å²) in [6, 6.07) is 14.1. The molecule has 194 valence electrons. The van der Waals surface area contributed by atoms with Gasteiger partial charge in [0.15, 0.2) is 12.4 Å². The molecule has 2 heterocycles. The molecule has 0 unspecified atom stereocenters. The lowest BCUT2D eigenvalue weighted by Crippen LogP contribution is -2.36. The van der Waals surface area contributed by atoms with Gasteiger partial charge in [0.05, 0.1) is 12.7 Å². The zero-order valence-electron chi connectivity index (χ0n) is 20.9. The molecule has 0 atom stereocenters. The van der Waals surface area contributed by atoms with E-state index in [9.17, 15) is 9.59 Å². The van der Waals surface area contributed by atoms with Crippen molar-refractivity contribution in [2.45, 2.75) is 26.9 Å². The largest absolute Gasteiger partial charge is 0.496 e. The highest BCUT2D eigenvalue weighted by atomic mass is 16.5. The van der Waals surface area contributed by atoms with Gasteiger partial charge in [0.25, 0.3) is 11.8 Å². The van der Waals surface area contributed by atoms with Gasteiger partial charge in [0.2, 0.25) is 11.7 Å². The molecule has 0 saturated carbocycles. The van der Waals surface area contributed by atoms with Crippen LogP contribution in [-0.4, -0.2) is 50.5 Å². The van der Waals surface area contributed by atoms with Crippen LogP contribution in [0.1, 0.15) is 36.6 Å². The molecule has 4 aromatic rings. The lowest BCUT2D eigenvalue weighted by atomic mass is 10.2. The first-order valence-corrected chi connectivity index (χ1v) is 11.6. The van der Waals surface area contributed by atoms with Crippen molar-refractivity contribution in [2.75, 3.05) is 13.7 Å². The third kappa shape index (κ3) is 5.63. The highest BCUT2D eigenvalue weighted by molar-refractivity contribution is 6.05. The Kier molecular flexibility index (Phi) is 7.99. The average molecular weight is 517 g/mol. The van der Waals surface area contributed by atoms with Crippen molar-refractivity contribution in [3.63, 3.8) is 0 Å². The summed E-state index contributed by atoms with van der Waals surface area (Å²) in [6.07, 6.45) is 0.580. The minimum absolute atomic E-state index is 0.0651. The maximum atomic E-state index is 12.9. The number of hydrogen-bond acceptors (Lipinski definition) is 9. The van der Waals surface area contributed by atoms with Gasteiger partial charge in [-0.2, -0.15) is 4.98 Å². The molecule has 0 aliphatic carbocycles. The molecule has 0 fully saturated rings. The van der Waals surface area contributed by atoms with E-state index in [1.807, 2.05) is 25.1 Å². The molecule has 0 spiro atoms. The van der Waals surface area contributed by atoms with E-state index in [0.29, 0.717) is 46.6 Å². The number of imidazole rings is 1. The molecule has 0 aliphatic heterocycles. The number of rotatable bonds is 10. The van der Waals surface area contributed by atoms with Crippen molar-refractivity contribution in [3.05, 3.63) is 70.5 Å². The number of aromatic nitrogens is 4. The Morgan fingerprint density at radius 2 is 1.92 bits per heavy atom. The van der Waals surface area contributed by atoms with Gasteiger partial charge in [-0.1, -0.05) is 24.2 Å². The number of para-hydroxylation sites is 1. The molecule has 38 heavy (non-hydrogen) atoms. The standard InChI is InChI=1S/C25H24N8O5/c1-4-13-33(15(2)34)25(35)21-23(30-32-26)29-22(28-21)16-9-11-17(12-10-16)37-14-20-27-24(38-31-20)18-7-5-6-8-19(18)36-3/h5-12H,4,13-14H2,1-3H3,(H,28,29). The molecule has 1 N–H and O–H groups in total. The van der Waals surface area contributed by atoms with Gasteiger partial charge >= 0.3 is 0 Å². The Morgan fingerprint density at radius 3 is 2.61 bits per heavy atom. The second kappa shape index (κ2) is 11.7. The maximum Gasteiger partial charge on any atom is 0.279 e. The molecular weight excluding hydrogens is 492 g/mol. The number of nitrogens with one attached hydrogen (secondary N) is 1. The van der Waals surface area contributed by atoms with Gasteiger partial charge in [-0.25, -0.2) is 4.98 Å². The number of benzene rings is 2. The smallest absolute Gasteiger partial charge is 0.279 e. The number of ether oxygens (including phenoxy) is 2. The van der Waals surface area contributed by atoms with Crippen LogP contribution in [0, 0.1) is 0 Å². The van der Waals surface area contributed by atoms with Crippen molar-refractivity contribution >= 4 is 17.6 Å². The molecule has 2 aromatic heterocycles. The minimum atomic E-state index is -0.618. The van der Waals surface area contributed by atoms with Gasteiger partial charge < -0.3 is 19.0 Å². The number of H-pyrrole nitrogens is 1. The van der Waals surface area contributed by atoms with E-state index >= 15 is 0 Å². The van der Waals surface area contributed by atoms with Crippen molar-refractivity contribution in [2.24, 2.45) is 5.11 Å². The average Bonchev–Trinajstić information content (AvgIpc) is 3.58. The first-order valence-electron chi connectivity index (χ1n) is 11.6. The first kappa shape index (κ1) is 25.9. The van der Waals surface area contributed by atoms with Crippen molar-refractivity contribution in [3.8, 4) is 34.3 Å². The number of azide groups is 1. The summed E-state index contributed by atoms with van der Waals surface area (Å²) < 4.78 is 16.4. The lowest BCUT2D eigenvalue weighted by molar-refractivity contribution is -0.126. The predicted octanol–water partition coefficient (Wildman–Crippen LogP) is 5.05. The van der Waals surface area contributed by atoms with Crippen LogP contribution in [0.25, 0.3) is 33.3 Å². The molecule has 0 bridgehead atoms. The SMILES string of the molecule is CCCN(C(C)=O)C(=O)c1[nH]c(-c2ccc(OCc3noc(-c4ccccc4OC)n3)cc2)nc1N=[N+]=[N-]. The van der Waals surface area contributed by atoms with Crippen LogP contribution in [0.4, 0.5) is 5.82 Å². The van der Waals surface area contributed by atoms with Crippen LogP contribution in [0.2, 0.25) is 0 Å². The number of carbonyl (C=O) groups is 2. The van der Waals surface area contributed by atoms with E-state index in [0.717, 1.165) is 4.90 Å². The quantitative estimate of drug-likeness (QED) is 0.173. The van der Waals surface area contributed by atoms with Gasteiger partial charge in [0, 0.05) is 23.9 Å². The van der Waals surface area contributed by atoms with E-state index in [-0.39, 0.29) is 24.7 Å². The van der Waals surface area contributed by atoms with Crippen LogP contribution in [0.3, 0.4) is 0 Å². The first-order chi connectivity index (χ1) is 18.4. The van der Waals surface area contributed by atoms with E-state index in [2.05, 4.69) is 30.1 Å². The van der Waals surface area contributed by atoms with E-state index in [4.69, 9.17) is 19.5 Å². The fourth-order valence-corrected chi connectivity index (χ4v) is 3.63. The van der Waals surface area contributed by atoms with Crippen LogP contribution in [0.15, 0.2) is 58.2 Å². The van der Waals surface area contributed by atoms with Gasteiger partial charge in [0.1, 0.15) is 23.0 Å². The number of methoxy groups -OCH3 is 1. The molecule has 13 nitrogen and oxygen atoms in total. The molecular formula is C25H24N8O5. The number of imide groups is 1. The summed E-state index contributed by atoms with van der Waals surface area (Å²) >= 11 is 0.